The molecule has 0 aliphatic rings. The fourth-order valence-electron chi connectivity index (χ4n) is 1.84. The molecule has 1 nitrogen and oxygen atoms in total. The third-order valence-corrected chi connectivity index (χ3v) is 2.58. The molecule has 84 valence electrons. The van der Waals surface area contributed by atoms with Crippen molar-refractivity contribution in [2.45, 2.75) is 52.1 Å². The van der Waals surface area contributed by atoms with E-state index < -0.39 is 0 Å². The first-order valence-corrected chi connectivity index (χ1v) is 6.05. The minimum absolute atomic E-state index is 0.520. The smallest absolute Gasteiger partial charge is 0.0322 e. The summed E-state index contributed by atoms with van der Waals surface area (Å²) in [5.74, 6) is 0. The molecule has 1 aromatic rings. The van der Waals surface area contributed by atoms with Crippen LogP contribution in [0.25, 0.3) is 0 Å². The van der Waals surface area contributed by atoms with Crippen LogP contribution in [-0.2, 0) is 0 Å². The lowest BCUT2D eigenvalue weighted by Crippen LogP contribution is -2.28. The van der Waals surface area contributed by atoms with E-state index in [9.17, 15) is 0 Å². The molecule has 0 saturated heterocycles. The second-order valence-corrected chi connectivity index (χ2v) is 4.43. The van der Waals surface area contributed by atoms with E-state index in [1.807, 2.05) is 0 Å². The molecule has 1 rings (SSSR count). The zero-order valence-electron chi connectivity index (χ0n) is 10.2. The summed E-state index contributed by atoms with van der Waals surface area (Å²) >= 11 is 0. The number of nitrogens with one attached hydrogen (secondary N) is 1. The van der Waals surface area contributed by atoms with Gasteiger partial charge in [0, 0.05) is 12.1 Å². The molecule has 0 aliphatic carbocycles. The van der Waals surface area contributed by atoms with Crippen molar-refractivity contribution in [2.24, 2.45) is 0 Å². The maximum Gasteiger partial charge on any atom is 0.0322 e. The Bertz CT molecular complexity index is 253. The molecule has 0 heterocycles. The van der Waals surface area contributed by atoms with Gasteiger partial charge >= 0.3 is 0 Å². The Labute approximate surface area is 93.9 Å². The van der Waals surface area contributed by atoms with Crippen molar-refractivity contribution >= 4 is 0 Å². The van der Waals surface area contributed by atoms with Gasteiger partial charge in [0.2, 0.25) is 0 Å². The molecular weight excluding hydrogens is 182 g/mol. The molecule has 0 bridgehead atoms. The molecule has 15 heavy (non-hydrogen) atoms. The molecule has 0 saturated carbocycles. The summed E-state index contributed by atoms with van der Waals surface area (Å²) in [6, 6.07) is 11.8. The van der Waals surface area contributed by atoms with E-state index in [0.717, 1.165) is 0 Å². The Morgan fingerprint density at radius 2 is 1.80 bits per heavy atom. The number of unbranched alkanes of at least 4 members (excludes halogenated alkanes) is 1. The van der Waals surface area contributed by atoms with Crippen LogP contribution in [0.1, 0.15) is 51.6 Å². The van der Waals surface area contributed by atoms with Crippen LogP contribution in [0.3, 0.4) is 0 Å². The van der Waals surface area contributed by atoms with E-state index in [0.29, 0.717) is 12.1 Å². The predicted molar refractivity (Wildman–Crippen MR) is 67.0 cm³/mol. The Balaban J connectivity index is 2.63. The molecule has 1 N–H and O–H groups in total. The molecule has 0 fully saturated rings. The number of hydrogen-bond donors (Lipinski definition) is 1. The van der Waals surface area contributed by atoms with E-state index in [2.05, 4.69) is 56.4 Å². The normalized spacial score (nSPS) is 13.1. The van der Waals surface area contributed by atoms with Gasteiger partial charge < -0.3 is 5.32 Å². The molecule has 0 aromatic heterocycles. The van der Waals surface area contributed by atoms with Crippen LogP contribution < -0.4 is 5.32 Å². The van der Waals surface area contributed by atoms with E-state index in [1.54, 1.807) is 0 Å². The van der Waals surface area contributed by atoms with Crippen LogP contribution in [0.5, 0.6) is 0 Å². The average molecular weight is 205 g/mol. The molecule has 1 aromatic carbocycles. The zero-order valence-corrected chi connectivity index (χ0v) is 10.2. The maximum absolute atomic E-state index is 3.63. The Kier molecular flexibility index (Phi) is 5.41. The monoisotopic (exact) mass is 205 g/mol. The quantitative estimate of drug-likeness (QED) is 0.742. The van der Waals surface area contributed by atoms with Crippen molar-refractivity contribution in [3.63, 3.8) is 0 Å². The van der Waals surface area contributed by atoms with Gasteiger partial charge in [0.1, 0.15) is 0 Å². The van der Waals surface area contributed by atoms with Gasteiger partial charge in [-0.1, -0.05) is 63.9 Å². The summed E-state index contributed by atoms with van der Waals surface area (Å²) in [5, 5.41) is 3.63. The molecule has 1 atom stereocenters. The first-order valence-electron chi connectivity index (χ1n) is 6.05. The van der Waals surface area contributed by atoms with Crippen molar-refractivity contribution < 1.29 is 0 Å². The van der Waals surface area contributed by atoms with Crippen LogP contribution in [0.2, 0.25) is 0 Å². The summed E-state index contributed by atoms with van der Waals surface area (Å²) in [7, 11) is 0. The van der Waals surface area contributed by atoms with Gasteiger partial charge in [0.25, 0.3) is 0 Å². The Morgan fingerprint density at radius 3 is 2.33 bits per heavy atom. The molecule has 1 heteroatoms. The summed E-state index contributed by atoms with van der Waals surface area (Å²) in [5.41, 5.74) is 1.42. The van der Waals surface area contributed by atoms with Gasteiger partial charge in [-0.25, -0.2) is 0 Å². The minimum Gasteiger partial charge on any atom is -0.308 e. The third-order valence-electron chi connectivity index (χ3n) is 2.58. The first kappa shape index (κ1) is 12.3. The molecule has 0 radical (unpaired) electrons. The van der Waals surface area contributed by atoms with Gasteiger partial charge in [-0.2, -0.15) is 0 Å². The summed E-state index contributed by atoms with van der Waals surface area (Å²) < 4.78 is 0. The van der Waals surface area contributed by atoms with Crippen molar-refractivity contribution in [3.05, 3.63) is 35.9 Å². The highest BCUT2D eigenvalue weighted by atomic mass is 14.9. The highest BCUT2D eigenvalue weighted by Gasteiger charge is 2.10. The fourth-order valence-corrected chi connectivity index (χ4v) is 1.84. The third kappa shape index (κ3) is 4.48. The van der Waals surface area contributed by atoms with Crippen molar-refractivity contribution in [2.75, 3.05) is 0 Å². The number of hydrogen-bond acceptors (Lipinski definition) is 1. The van der Waals surface area contributed by atoms with Crippen molar-refractivity contribution in [3.8, 4) is 0 Å². The lowest BCUT2D eigenvalue weighted by molar-refractivity contribution is 0.440. The summed E-state index contributed by atoms with van der Waals surface area (Å²) in [6.45, 7) is 6.67. The van der Waals surface area contributed by atoms with Crippen LogP contribution in [0.15, 0.2) is 30.3 Å². The standard InChI is InChI=1S/C14H23N/c1-4-5-11-14(15-12(2)3)13-9-7-6-8-10-13/h6-10,12,14-15H,4-5,11H2,1-3H3. The summed E-state index contributed by atoms with van der Waals surface area (Å²) in [4.78, 5) is 0. The second-order valence-electron chi connectivity index (χ2n) is 4.43. The van der Waals surface area contributed by atoms with Gasteiger partial charge in [0.05, 0.1) is 0 Å². The topological polar surface area (TPSA) is 12.0 Å². The molecule has 0 amide bonds. The van der Waals surface area contributed by atoms with E-state index in [-0.39, 0.29) is 0 Å². The van der Waals surface area contributed by atoms with Crippen LogP contribution in [0.4, 0.5) is 0 Å². The Hall–Kier alpha value is -0.820. The van der Waals surface area contributed by atoms with Crippen molar-refractivity contribution in [1.82, 2.24) is 5.32 Å². The number of rotatable bonds is 6. The molecule has 0 aliphatic heterocycles. The maximum atomic E-state index is 3.63. The molecular formula is C14H23N. The largest absolute Gasteiger partial charge is 0.308 e. The van der Waals surface area contributed by atoms with E-state index in [4.69, 9.17) is 0 Å². The fraction of sp³-hybridized carbons (Fsp3) is 0.571. The van der Waals surface area contributed by atoms with E-state index >= 15 is 0 Å². The van der Waals surface area contributed by atoms with Gasteiger partial charge in [-0.3, -0.25) is 0 Å². The lowest BCUT2D eigenvalue weighted by Gasteiger charge is -2.21. The van der Waals surface area contributed by atoms with Gasteiger partial charge in [0.15, 0.2) is 0 Å². The van der Waals surface area contributed by atoms with Crippen LogP contribution >= 0.6 is 0 Å². The second kappa shape index (κ2) is 6.62. The summed E-state index contributed by atoms with van der Waals surface area (Å²) in [6.07, 6.45) is 3.79. The number of benzene rings is 1. The van der Waals surface area contributed by atoms with Crippen LogP contribution in [0, 0.1) is 0 Å². The SMILES string of the molecule is CCCCC(NC(C)C)c1ccccc1. The highest BCUT2D eigenvalue weighted by Crippen LogP contribution is 2.19. The highest BCUT2D eigenvalue weighted by molar-refractivity contribution is 5.18. The zero-order chi connectivity index (χ0) is 11.1. The molecule has 0 spiro atoms. The minimum atomic E-state index is 0.520. The molecule has 1 unspecified atom stereocenters. The average Bonchev–Trinajstić information content (AvgIpc) is 2.25. The first-order chi connectivity index (χ1) is 7.24. The van der Waals surface area contributed by atoms with Gasteiger partial charge in [-0.05, 0) is 12.0 Å². The van der Waals surface area contributed by atoms with Gasteiger partial charge in [-0.15, -0.1) is 0 Å². The Morgan fingerprint density at radius 1 is 1.13 bits per heavy atom. The van der Waals surface area contributed by atoms with Crippen molar-refractivity contribution in [1.29, 1.82) is 0 Å². The lowest BCUT2D eigenvalue weighted by atomic mass is 10.0. The van der Waals surface area contributed by atoms with E-state index in [1.165, 1.54) is 24.8 Å². The predicted octanol–water partition coefficient (Wildman–Crippen LogP) is 3.92. The van der Waals surface area contributed by atoms with Crippen LogP contribution in [-0.4, -0.2) is 6.04 Å².